The molecule has 0 unspecified atom stereocenters. The lowest BCUT2D eigenvalue weighted by molar-refractivity contribution is -0.120. The van der Waals surface area contributed by atoms with Crippen LogP contribution >= 0.6 is 24.0 Å². The van der Waals surface area contributed by atoms with Gasteiger partial charge in [0.2, 0.25) is 11.8 Å². The van der Waals surface area contributed by atoms with Crippen LogP contribution in [-0.4, -0.2) is 36.5 Å². The predicted molar refractivity (Wildman–Crippen MR) is 118 cm³/mol. The average Bonchev–Trinajstić information content (AvgIpc) is 3.12. The lowest BCUT2D eigenvalue weighted by Crippen LogP contribution is -2.43. The van der Waals surface area contributed by atoms with Gasteiger partial charge >= 0.3 is 0 Å². The summed E-state index contributed by atoms with van der Waals surface area (Å²) in [5, 5.41) is 8.94. The molecule has 7 nitrogen and oxygen atoms in total. The van der Waals surface area contributed by atoms with Crippen molar-refractivity contribution in [3.05, 3.63) is 41.8 Å². The monoisotopic (exact) mass is 485 g/mol. The summed E-state index contributed by atoms with van der Waals surface area (Å²) < 4.78 is 5.54. The summed E-state index contributed by atoms with van der Waals surface area (Å²) in [6.07, 6.45) is 2.52. The Balaban J connectivity index is 0.00000364. The predicted octanol–water partition coefficient (Wildman–Crippen LogP) is 2.85. The number of carbonyl (C=O) groups excluding carboxylic acids is 1. The summed E-state index contributed by atoms with van der Waals surface area (Å²) in [5.74, 6) is 1.09. The van der Waals surface area contributed by atoms with Crippen molar-refractivity contribution in [2.45, 2.75) is 33.7 Å². The van der Waals surface area contributed by atoms with Crippen LogP contribution in [0.3, 0.4) is 0 Å². The van der Waals surface area contributed by atoms with Gasteiger partial charge in [0.15, 0.2) is 5.96 Å². The molecule has 27 heavy (non-hydrogen) atoms. The fourth-order valence-corrected chi connectivity index (χ4v) is 2.20. The van der Waals surface area contributed by atoms with E-state index in [-0.39, 0.29) is 36.4 Å². The van der Waals surface area contributed by atoms with Crippen molar-refractivity contribution in [3.8, 4) is 11.5 Å². The molecule has 0 spiro atoms. The van der Waals surface area contributed by atoms with E-state index in [1.54, 1.807) is 6.26 Å². The number of benzene rings is 1. The average molecular weight is 485 g/mol. The highest BCUT2D eigenvalue weighted by Gasteiger charge is 2.07. The third-order valence-electron chi connectivity index (χ3n) is 3.58. The Morgan fingerprint density at radius 1 is 1.15 bits per heavy atom. The molecule has 0 fully saturated rings. The van der Waals surface area contributed by atoms with Crippen molar-refractivity contribution < 1.29 is 9.21 Å². The number of aliphatic imine (C=N–C) groups is 1. The number of hydrogen-bond donors (Lipinski definition) is 3. The van der Waals surface area contributed by atoms with Gasteiger partial charge in [-0.3, -0.25) is 4.79 Å². The first-order valence-electron chi connectivity index (χ1n) is 8.92. The van der Waals surface area contributed by atoms with Crippen molar-refractivity contribution >= 4 is 35.8 Å². The Bertz CT molecular complexity index is 728. The van der Waals surface area contributed by atoms with Gasteiger partial charge in [0, 0.05) is 18.7 Å². The zero-order valence-electron chi connectivity index (χ0n) is 16.0. The molecule has 8 heteroatoms. The lowest BCUT2D eigenvalue weighted by Gasteiger charge is -2.10. The fourth-order valence-electron chi connectivity index (χ4n) is 2.20. The highest BCUT2D eigenvalue weighted by atomic mass is 127. The van der Waals surface area contributed by atoms with Gasteiger partial charge in [-0.2, -0.15) is 0 Å². The molecule has 3 N–H and O–H groups in total. The van der Waals surface area contributed by atoms with E-state index in [2.05, 4.69) is 25.9 Å². The molecule has 148 valence electrons. The van der Waals surface area contributed by atoms with E-state index in [4.69, 9.17) is 4.42 Å². The molecule has 0 atom stereocenters. The third kappa shape index (κ3) is 7.98. The first-order valence-corrected chi connectivity index (χ1v) is 8.92. The van der Waals surface area contributed by atoms with Gasteiger partial charge in [-0.05, 0) is 32.4 Å². The molecule has 0 radical (unpaired) electrons. The van der Waals surface area contributed by atoms with Crippen LogP contribution in [0.1, 0.15) is 31.5 Å². The maximum absolute atomic E-state index is 11.7. The van der Waals surface area contributed by atoms with Crippen LogP contribution < -0.4 is 16.0 Å². The molecule has 2 rings (SSSR count). The van der Waals surface area contributed by atoms with Gasteiger partial charge in [0.1, 0.15) is 12.0 Å². The number of guanidine groups is 1. The number of amides is 1. The topological polar surface area (TPSA) is 91.5 Å². The van der Waals surface area contributed by atoms with Crippen molar-refractivity contribution in [1.82, 2.24) is 20.9 Å². The van der Waals surface area contributed by atoms with Gasteiger partial charge in [0.25, 0.3) is 0 Å². The van der Waals surface area contributed by atoms with Crippen LogP contribution in [0.4, 0.5) is 0 Å². The molecule has 1 heterocycles. The second kappa shape index (κ2) is 12.3. The molecule has 0 bridgehead atoms. The number of aryl methyl sites for hydroxylation is 1. The molecule has 2 aromatic rings. The van der Waals surface area contributed by atoms with Crippen LogP contribution in [0, 0.1) is 6.92 Å². The van der Waals surface area contributed by atoms with E-state index in [0.29, 0.717) is 31.5 Å². The molecule has 0 aliphatic rings. The summed E-state index contributed by atoms with van der Waals surface area (Å²) in [7, 11) is 0. The molecular weight excluding hydrogens is 457 g/mol. The van der Waals surface area contributed by atoms with Crippen molar-refractivity contribution in [2.75, 3.05) is 19.6 Å². The number of nitrogens with one attached hydrogen (secondary N) is 3. The second-order valence-electron chi connectivity index (χ2n) is 5.91. The standard InChI is InChI=1S/C19H27N5O2.HI/c1-4-10-21-17(25)12-23-19(20-5-2)22-11-16-13-26-18(24-16)15-8-6-14(3)7-9-15;/h6-9,13H,4-5,10-12H2,1-3H3,(H,21,25)(H2,20,22,23);1H. The van der Waals surface area contributed by atoms with Crippen LogP contribution in [0.15, 0.2) is 39.9 Å². The van der Waals surface area contributed by atoms with Gasteiger partial charge in [-0.1, -0.05) is 24.6 Å². The fraction of sp³-hybridized carbons (Fsp3) is 0.421. The minimum Gasteiger partial charge on any atom is -0.444 e. The quantitative estimate of drug-likeness (QED) is 0.304. The summed E-state index contributed by atoms with van der Waals surface area (Å²) in [5.41, 5.74) is 2.85. The number of carbonyl (C=O) groups is 1. The first-order chi connectivity index (χ1) is 12.6. The van der Waals surface area contributed by atoms with Crippen molar-refractivity contribution in [3.63, 3.8) is 0 Å². The Morgan fingerprint density at radius 3 is 2.56 bits per heavy atom. The van der Waals surface area contributed by atoms with E-state index in [0.717, 1.165) is 17.7 Å². The normalized spacial score (nSPS) is 10.9. The number of hydrogen-bond acceptors (Lipinski definition) is 4. The minimum atomic E-state index is -0.0550. The number of nitrogens with zero attached hydrogens (tertiary/aromatic N) is 2. The highest BCUT2D eigenvalue weighted by Crippen LogP contribution is 2.19. The van der Waals surface area contributed by atoms with Crippen LogP contribution in [-0.2, 0) is 11.3 Å². The first kappa shape index (κ1) is 22.9. The Labute approximate surface area is 177 Å². The summed E-state index contributed by atoms with van der Waals surface area (Å²) >= 11 is 0. The molecule has 1 aromatic carbocycles. The Morgan fingerprint density at radius 2 is 1.89 bits per heavy atom. The van der Waals surface area contributed by atoms with Gasteiger partial charge in [0.05, 0.1) is 13.1 Å². The molecular formula is C19H28IN5O2. The zero-order chi connectivity index (χ0) is 18.8. The third-order valence-corrected chi connectivity index (χ3v) is 3.58. The Hall–Kier alpha value is -2.10. The largest absolute Gasteiger partial charge is 0.444 e. The van der Waals surface area contributed by atoms with Crippen LogP contribution in [0.2, 0.25) is 0 Å². The van der Waals surface area contributed by atoms with Crippen molar-refractivity contribution in [1.29, 1.82) is 0 Å². The van der Waals surface area contributed by atoms with Crippen LogP contribution in [0.25, 0.3) is 11.5 Å². The molecule has 0 aliphatic heterocycles. The SMILES string of the molecule is CCCNC(=O)CNC(=NCc1coc(-c2ccc(C)cc2)n1)NCC.I. The van der Waals surface area contributed by atoms with Gasteiger partial charge in [-0.15, -0.1) is 24.0 Å². The number of oxazole rings is 1. The molecule has 1 aromatic heterocycles. The van der Waals surface area contributed by atoms with E-state index in [1.165, 1.54) is 5.56 Å². The highest BCUT2D eigenvalue weighted by molar-refractivity contribution is 14.0. The van der Waals surface area contributed by atoms with Gasteiger partial charge in [-0.25, -0.2) is 9.98 Å². The van der Waals surface area contributed by atoms with E-state index in [9.17, 15) is 4.79 Å². The smallest absolute Gasteiger partial charge is 0.239 e. The lowest BCUT2D eigenvalue weighted by atomic mass is 10.1. The van der Waals surface area contributed by atoms with E-state index in [1.807, 2.05) is 45.0 Å². The maximum Gasteiger partial charge on any atom is 0.239 e. The summed E-state index contributed by atoms with van der Waals surface area (Å²) in [4.78, 5) is 20.6. The number of rotatable bonds is 8. The summed E-state index contributed by atoms with van der Waals surface area (Å²) in [6, 6.07) is 8.01. The summed E-state index contributed by atoms with van der Waals surface area (Å²) in [6.45, 7) is 7.95. The van der Waals surface area contributed by atoms with Crippen LogP contribution in [0.5, 0.6) is 0 Å². The Kier molecular flexibility index (Phi) is 10.5. The molecule has 0 aliphatic carbocycles. The van der Waals surface area contributed by atoms with Crippen molar-refractivity contribution in [2.24, 2.45) is 4.99 Å². The molecule has 1 amide bonds. The maximum atomic E-state index is 11.7. The molecule has 0 saturated carbocycles. The van der Waals surface area contributed by atoms with E-state index >= 15 is 0 Å². The van der Waals surface area contributed by atoms with E-state index < -0.39 is 0 Å². The number of halogens is 1. The minimum absolute atomic E-state index is 0. The molecule has 0 saturated heterocycles. The number of aromatic nitrogens is 1. The van der Waals surface area contributed by atoms with Gasteiger partial charge < -0.3 is 20.4 Å². The zero-order valence-corrected chi connectivity index (χ0v) is 18.4. The second-order valence-corrected chi connectivity index (χ2v) is 5.91.